The van der Waals surface area contributed by atoms with Crippen LogP contribution in [0.3, 0.4) is 0 Å². The Bertz CT molecular complexity index is 899. The second-order valence-electron chi connectivity index (χ2n) is 6.91. The molecule has 0 bridgehead atoms. The van der Waals surface area contributed by atoms with Gasteiger partial charge in [-0.05, 0) is 49.2 Å². The van der Waals surface area contributed by atoms with E-state index >= 15 is 0 Å². The van der Waals surface area contributed by atoms with E-state index in [9.17, 15) is 0 Å². The summed E-state index contributed by atoms with van der Waals surface area (Å²) in [5.41, 5.74) is 2.15. The number of rotatable bonds is 5. The third-order valence-electron chi connectivity index (χ3n) is 4.97. The van der Waals surface area contributed by atoms with E-state index in [1.165, 1.54) is 17.2 Å². The quantitative estimate of drug-likeness (QED) is 0.557. The molecule has 1 atom stereocenters. The molecular formula is C22H29N5. The Hall–Kier alpha value is -2.66. The Morgan fingerprint density at radius 1 is 1.33 bits per heavy atom. The number of nitrogens with zero attached hydrogens (tertiary/aromatic N) is 2. The van der Waals surface area contributed by atoms with Crippen molar-refractivity contribution in [3.8, 4) is 0 Å². The highest BCUT2D eigenvalue weighted by Crippen LogP contribution is 2.08. The number of aromatic nitrogens is 1. The fourth-order valence-corrected chi connectivity index (χ4v) is 3.46. The fourth-order valence-electron chi connectivity index (χ4n) is 3.46. The first-order valence-electron chi connectivity index (χ1n) is 9.60. The average Bonchev–Trinajstić information content (AvgIpc) is 3.09. The van der Waals surface area contributed by atoms with Crippen molar-refractivity contribution in [1.82, 2.24) is 15.2 Å². The van der Waals surface area contributed by atoms with E-state index in [-0.39, 0.29) is 0 Å². The average molecular weight is 364 g/mol. The lowest BCUT2D eigenvalue weighted by Crippen LogP contribution is -2.45. The van der Waals surface area contributed by atoms with Gasteiger partial charge in [-0.15, -0.1) is 0 Å². The van der Waals surface area contributed by atoms with E-state index in [1.807, 2.05) is 24.4 Å². The summed E-state index contributed by atoms with van der Waals surface area (Å²) in [6, 6.07) is 10.8. The maximum atomic E-state index is 8.33. The van der Waals surface area contributed by atoms with Crippen LogP contribution in [-0.4, -0.2) is 42.8 Å². The molecule has 1 aromatic heterocycles. The summed E-state index contributed by atoms with van der Waals surface area (Å²) in [6.07, 6.45) is 10.4. The molecule has 1 aliphatic rings. The van der Waals surface area contributed by atoms with Crippen LogP contribution in [0.1, 0.15) is 30.9 Å². The van der Waals surface area contributed by atoms with Gasteiger partial charge in [0.05, 0.1) is 0 Å². The van der Waals surface area contributed by atoms with E-state index < -0.39 is 0 Å². The van der Waals surface area contributed by atoms with Crippen molar-refractivity contribution in [3.05, 3.63) is 58.2 Å². The number of amidine groups is 1. The number of hydrogen-bond acceptors (Lipinski definition) is 3. The van der Waals surface area contributed by atoms with E-state index in [4.69, 9.17) is 5.41 Å². The van der Waals surface area contributed by atoms with Crippen LogP contribution in [0.25, 0.3) is 12.2 Å². The van der Waals surface area contributed by atoms with Crippen molar-refractivity contribution >= 4 is 24.2 Å². The van der Waals surface area contributed by atoms with Gasteiger partial charge in [-0.1, -0.05) is 30.3 Å². The minimum absolute atomic E-state index is 0.354. The summed E-state index contributed by atoms with van der Waals surface area (Å²) in [5, 5.41) is 17.4. The highest BCUT2D eigenvalue weighted by molar-refractivity contribution is 5.96. The Morgan fingerprint density at radius 2 is 2.15 bits per heavy atom. The third kappa shape index (κ3) is 4.95. The van der Waals surface area contributed by atoms with Gasteiger partial charge in [0.15, 0.2) is 0 Å². The molecular weight excluding hydrogens is 334 g/mol. The van der Waals surface area contributed by atoms with Gasteiger partial charge in [-0.2, -0.15) is 0 Å². The van der Waals surface area contributed by atoms with Crippen LogP contribution in [0.15, 0.2) is 41.5 Å². The third-order valence-corrected chi connectivity index (χ3v) is 4.97. The van der Waals surface area contributed by atoms with Crippen LogP contribution in [0.4, 0.5) is 0 Å². The second kappa shape index (κ2) is 9.33. The zero-order chi connectivity index (χ0) is 19.1. The maximum absolute atomic E-state index is 8.33. The fraction of sp³-hybridized carbons (Fsp3) is 0.364. The molecule has 1 unspecified atom stereocenters. The Kier molecular flexibility index (Phi) is 6.60. The normalized spacial score (nSPS) is 19.0. The molecule has 1 saturated heterocycles. The summed E-state index contributed by atoms with van der Waals surface area (Å²) in [4.78, 5) is 4.07. The summed E-state index contributed by atoms with van der Waals surface area (Å²) in [7, 11) is 1.78. The summed E-state index contributed by atoms with van der Waals surface area (Å²) in [6.45, 7) is 4.87. The first kappa shape index (κ1) is 19.1. The van der Waals surface area contributed by atoms with Gasteiger partial charge in [-0.3, -0.25) is 10.4 Å². The van der Waals surface area contributed by atoms with Crippen LogP contribution in [0.2, 0.25) is 0 Å². The molecule has 0 aliphatic carbocycles. The Labute approximate surface area is 161 Å². The van der Waals surface area contributed by atoms with Crippen LogP contribution in [-0.2, 0) is 6.54 Å². The van der Waals surface area contributed by atoms with Crippen LogP contribution in [0, 0.1) is 5.41 Å². The lowest BCUT2D eigenvalue weighted by molar-refractivity contribution is 0.431. The molecule has 0 radical (unpaired) electrons. The van der Waals surface area contributed by atoms with Gasteiger partial charge in [0.2, 0.25) is 0 Å². The monoisotopic (exact) mass is 363 g/mol. The number of piperidine rings is 1. The van der Waals surface area contributed by atoms with Gasteiger partial charge in [0.25, 0.3) is 0 Å². The van der Waals surface area contributed by atoms with E-state index in [1.54, 1.807) is 7.05 Å². The van der Waals surface area contributed by atoms with Crippen LogP contribution in [0.5, 0.6) is 0 Å². The number of aliphatic imine (C=N–C) groups is 1. The predicted molar refractivity (Wildman–Crippen MR) is 114 cm³/mol. The molecule has 5 nitrogen and oxygen atoms in total. The number of benzene rings is 1. The van der Waals surface area contributed by atoms with Gasteiger partial charge < -0.3 is 15.2 Å². The molecule has 142 valence electrons. The summed E-state index contributed by atoms with van der Waals surface area (Å²) in [5.74, 6) is 0.507. The summed E-state index contributed by atoms with van der Waals surface area (Å²) < 4.78 is 2.23. The molecule has 3 N–H and O–H groups in total. The van der Waals surface area contributed by atoms with Crippen molar-refractivity contribution < 1.29 is 0 Å². The zero-order valence-corrected chi connectivity index (χ0v) is 16.2. The standard InChI is InChI=1S/C22H29N5/c1-3-18-11-14-27(21(18)10-13-24-2)16-17-6-8-19(9-7-17)22(23)26-20-5-4-12-25-15-20/h3,6-11,13-14,20,25H,4-5,12,15-16H2,1-2H3,(H2,23,26)/b18-3-,21-10+,24-13+. The molecule has 5 heteroatoms. The molecule has 1 aliphatic heterocycles. The first-order valence-corrected chi connectivity index (χ1v) is 9.60. The summed E-state index contributed by atoms with van der Waals surface area (Å²) >= 11 is 0. The van der Waals surface area contributed by atoms with Crippen molar-refractivity contribution in [2.75, 3.05) is 20.1 Å². The molecule has 3 rings (SSSR count). The van der Waals surface area contributed by atoms with Crippen molar-refractivity contribution in [2.24, 2.45) is 4.99 Å². The molecule has 1 aromatic carbocycles. The maximum Gasteiger partial charge on any atom is 0.125 e. The van der Waals surface area contributed by atoms with Gasteiger partial charge in [-0.25, -0.2) is 0 Å². The topological polar surface area (TPSA) is 65.2 Å². The van der Waals surface area contributed by atoms with Crippen LogP contribution >= 0.6 is 0 Å². The highest BCUT2D eigenvalue weighted by atomic mass is 15.0. The zero-order valence-electron chi connectivity index (χ0n) is 16.2. The Morgan fingerprint density at radius 3 is 2.81 bits per heavy atom. The lowest BCUT2D eigenvalue weighted by atomic mass is 10.1. The number of hydrogen-bond donors (Lipinski definition) is 3. The minimum atomic E-state index is 0.354. The van der Waals surface area contributed by atoms with Gasteiger partial charge in [0.1, 0.15) is 5.84 Å². The smallest absolute Gasteiger partial charge is 0.125 e. The van der Waals surface area contributed by atoms with Crippen molar-refractivity contribution in [1.29, 1.82) is 5.41 Å². The van der Waals surface area contributed by atoms with E-state index in [2.05, 4.69) is 57.6 Å². The van der Waals surface area contributed by atoms with Crippen molar-refractivity contribution in [2.45, 2.75) is 32.4 Å². The molecule has 1 fully saturated rings. The lowest BCUT2D eigenvalue weighted by Gasteiger charge is -2.25. The SMILES string of the molecule is C/C=c1/ccn(Cc2ccc(C(=N)NC3CCCNC3)cc2)/c1=C/C=N/C. The highest BCUT2D eigenvalue weighted by Gasteiger charge is 2.14. The molecule has 2 aromatic rings. The molecule has 0 saturated carbocycles. The van der Waals surface area contributed by atoms with E-state index in [0.717, 1.165) is 37.0 Å². The molecule has 0 amide bonds. The molecule has 2 heterocycles. The number of nitrogens with one attached hydrogen (secondary N) is 3. The van der Waals surface area contributed by atoms with Gasteiger partial charge in [0, 0.05) is 49.5 Å². The largest absolute Gasteiger partial charge is 0.366 e. The minimum Gasteiger partial charge on any atom is -0.366 e. The van der Waals surface area contributed by atoms with Crippen LogP contribution < -0.4 is 21.2 Å². The van der Waals surface area contributed by atoms with Crippen molar-refractivity contribution in [3.63, 3.8) is 0 Å². The first-order chi connectivity index (χ1) is 13.2. The predicted octanol–water partition coefficient (Wildman–Crippen LogP) is 1.48. The Balaban J connectivity index is 1.71. The molecule has 0 spiro atoms. The van der Waals surface area contributed by atoms with Gasteiger partial charge >= 0.3 is 0 Å². The second-order valence-corrected chi connectivity index (χ2v) is 6.91. The molecule has 27 heavy (non-hydrogen) atoms. The van der Waals surface area contributed by atoms with E-state index in [0.29, 0.717) is 11.9 Å².